The minimum atomic E-state index is 0.396. The van der Waals surface area contributed by atoms with Crippen LogP contribution in [0, 0.1) is 0 Å². The van der Waals surface area contributed by atoms with Crippen molar-refractivity contribution in [2.75, 3.05) is 19.1 Å². The molecule has 0 aliphatic carbocycles. The number of halogens is 1. The van der Waals surface area contributed by atoms with Crippen LogP contribution in [0.3, 0.4) is 0 Å². The molecule has 110 valence electrons. The number of methoxy groups -OCH3 is 1. The second-order valence-corrected chi connectivity index (χ2v) is 6.09. The van der Waals surface area contributed by atoms with Gasteiger partial charge in [-0.2, -0.15) is 0 Å². The van der Waals surface area contributed by atoms with Crippen LogP contribution in [0.15, 0.2) is 46.9 Å². The van der Waals surface area contributed by atoms with E-state index >= 15 is 0 Å². The quantitative estimate of drug-likeness (QED) is 0.820. The van der Waals surface area contributed by atoms with E-state index in [0.717, 1.165) is 28.0 Å². The molecule has 3 nitrogen and oxygen atoms in total. The summed E-state index contributed by atoms with van der Waals surface area (Å²) in [6.45, 7) is 0.765. The van der Waals surface area contributed by atoms with E-state index in [-0.39, 0.29) is 0 Å². The van der Waals surface area contributed by atoms with E-state index in [1.54, 1.807) is 7.11 Å². The molecule has 0 saturated carbocycles. The van der Waals surface area contributed by atoms with Crippen molar-refractivity contribution >= 4 is 38.8 Å². The molecule has 2 rings (SSSR count). The first-order valence-corrected chi connectivity index (χ1v) is 7.65. The van der Waals surface area contributed by atoms with Gasteiger partial charge in [-0.05, 0) is 35.9 Å². The van der Waals surface area contributed by atoms with Crippen LogP contribution in [-0.4, -0.2) is 19.1 Å². The number of ether oxygens (including phenoxy) is 1. The lowest BCUT2D eigenvalue weighted by atomic mass is 10.1. The van der Waals surface area contributed by atoms with Crippen LogP contribution >= 0.6 is 28.1 Å². The lowest BCUT2D eigenvalue weighted by Crippen LogP contribution is -2.21. The molecule has 0 aliphatic rings. The molecule has 0 aliphatic heterocycles. The zero-order chi connectivity index (χ0) is 15.4. The van der Waals surface area contributed by atoms with Crippen molar-refractivity contribution in [1.29, 1.82) is 0 Å². The number of nitrogens with zero attached hydrogens (tertiary/aromatic N) is 1. The molecule has 0 bridgehead atoms. The highest BCUT2D eigenvalue weighted by Gasteiger charge is 2.11. The zero-order valence-electron chi connectivity index (χ0n) is 12.0. The molecule has 2 aromatic carbocycles. The van der Waals surface area contributed by atoms with Gasteiger partial charge in [-0.25, -0.2) is 0 Å². The standard InChI is InChI=1S/C16H17BrN2OS/c1-19(10-11-3-6-13(20-2)7-4-11)15-8-5-12(17)9-14(15)16(18)21/h3-9H,10H2,1-2H3,(H2,18,21). The average molecular weight is 365 g/mol. The van der Waals surface area contributed by atoms with Gasteiger partial charge >= 0.3 is 0 Å². The third-order valence-electron chi connectivity index (χ3n) is 3.21. The smallest absolute Gasteiger partial charge is 0.118 e. The number of nitrogens with two attached hydrogens (primary N) is 1. The van der Waals surface area contributed by atoms with E-state index in [4.69, 9.17) is 22.7 Å². The fraction of sp³-hybridized carbons (Fsp3) is 0.188. The maximum Gasteiger partial charge on any atom is 0.118 e. The highest BCUT2D eigenvalue weighted by molar-refractivity contribution is 9.10. The Hall–Kier alpha value is -1.59. The van der Waals surface area contributed by atoms with Gasteiger partial charge in [-0.3, -0.25) is 0 Å². The van der Waals surface area contributed by atoms with Crippen molar-refractivity contribution in [2.24, 2.45) is 5.73 Å². The van der Waals surface area contributed by atoms with Gasteiger partial charge in [0.2, 0.25) is 0 Å². The summed E-state index contributed by atoms with van der Waals surface area (Å²) in [5, 5.41) is 0. The first-order valence-electron chi connectivity index (χ1n) is 6.44. The van der Waals surface area contributed by atoms with Crippen molar-refractivity contribution in [2.45, 2.75) is 6.54 Å². The number of hydrogen-bond donors (Lipinski definition) is 1. The van der Waals surface area contributed by atoms with Gasteiger partial charge in [-0.15, -0.1) is 0 Å². The van der Waals surface area contributed by atoms with Crippen molar-refractivity contribution < 1.29 is 4.74 Å². The highest BCUT2D eigenvalue weighted by Crippen LogP contribution is 2.25. The molecule has 0 unspecified atom stereocenters. The molecule has 0 heterocycles. The van der Waals surface area contributed by atoms with E-state index in [1.165, 1.54) is 5.56 Å². The number of rotatable bonds is 5. The second-order valence-electron chi connectivity index (χ2n) is 4.73. The molecule has 0 radical (unpaired) electrons. The fourth-order valence-electron chi connectivity index (χ4n) is 2.13. The summed E-state index contributed by atoms with van der Waals surface area (Å²) in [5.74, 6) is 0.855. The van der Waals surface area contributed by atoms with Gasteiger partial charge in [0.15, 0.2) is 0 Å². The molecule has 0 fully saturated rings. The lowest BCUT2D eigenvalue weighted by molar-refractivity contribution is 0.414. The molecule has 21 heavy (non-hydrogen) atoms. The van der Waals surface area contributed by atoms with Crippen LogP contribution in [0.4, 0.5) is 5.69 Å². The topological polar surface area (TPSA) is 38.5 Å². The molecule has 2 aromatic rings. The summed E-state index contributed by atoms with van der Waals surface area (Å²) in [7, 11) is 3.69. The van der Waals surface area contributed by atoms with Crippen molar-refractivity contribution in [1.82, 2.24) is 0 Å². The van der Waals surface area contributed by atoms with E-state index in [1.807, 2.05) is 37.4 Å². The Morgan fingerprint density at radius 2 is 1.90 bits per heavy atom. The van der Waals surface area contributed by atoms with Crippen LogP contribution < -0.4 is 15.4 Å². The number of thiocarbonyl (C=S) groups is 1. The van der Waals surface area contributed by atoms with Crippen LogP contribution in [0.25, 0.3) is 0 Å². The van der Waals surface area contributed by atoms with Crippen molar-refractivity contribution in [3.8, 4) is 5.75 Å². The van der Waals surface area contributed by atoms with Crippen molar-refractivity contribution in [3.63, 3.8) is 0 Å². The third kappa shape index (κ3) is 3.95. The lowest BCUT2D eigenvalue weighted by Gasteiger charge is -2.22. The summed E-state index contributed by atoms with van der Waals surface area (Å²) in [6, 6.07) is 14.0. The maximum atomic E-state index is 5.82. The fourth-order valence-corrected chi connectivity index (χ4v) is 2.65. The van der Waals surface area contributed by atoms with Crippen LogP contribution in [0.1, 0.15) is 11.1 Å². The molecular formula is C16H17BrN2OS. The van der Waals surface area contributed by atoms with Crippen LogP contribution in [0.2, 0.25) is 0 Å². The minimum Gasteiger partial charge on any atom is -0.497 e. The van der Waals surface area contributed by atoms with Gasteiger partial charge < -0.3 is 15.4 Å². The SMILES string of the molecule is COc1ccc(CN(C)c2ccc(Br)cc2C(N)=S)cc1. The largest absolute Gasteiger partial charge is 0.497 e. The van der Waals surface area contributed by atoms with Crippen LogP contribution in [0.5, 0.6) is 5.75 Å². The summed E-state index contributed by atoms with van der Waals surface area (Å²) < 4.78 is 6.13. The van der Waals surface area contributed by atoms with Gasteiger partial charge in [0.05, 0.1) is 7.11 Å². The second kappa shape index (κ2) is 6.91. The molecular weight excluding hydrogens is 348 g/mol. The molecule has 0 amide bonds. The first kappa shape index (κ1) is 15.8. The highest BCUT2D eigenvalue weighted by atomic mass is 79.9. The van der Waals surface area contributed by atoms with Gasteiger partial charge in [0.25, 0.3) is 0 Å². The average Bonchev–Trinajstić information content (AvgIpc) is 2.47. The Morgan fingerprint density at radius 1 is 1.24 bits per heavy atom. The predicted octanol–water partition coefficient (Wildman–Crippen LogP) is 3.73. The molecule has 0 saturated heterocycles. The predicted molar refractivity (Wildman–Crippen MR) is 95.1 cm³/mol. The van der Waals surface area contributed by atoms with Crippen LogP contribution in [-0.2, 0) is 6.54 Å². The molecule has 0 spiro atoms. The normalized spacial score (nSPS) is 10.2. The third-order valence-corrected chi connectivity index (χ3v) is 3.93. The summed E-state index contributed by atoms with van der Waals surface area (Å²) in [6.07, 6.45) is 0. The molecule has 0 aromatic heterocycles. The minimum absolute atomic E-state index is 0.396. The Bertz CT molecular complexity index is 643. The Kier molecular flexibility index (Phi) is 5.20. The maximum absolute atomic E-state index is 5.82. The van der Waals surface area contributed by atoms with Gasteiger partial charge in [-0.1, -0.05) is 40.3 Å². The molecule has 2 N–H and O–H groups in total. The summed E-state index contributed by atoms with van der Waals surface area (Å²) >= 11 is 8.59. The Balaban J connectivity index is 2.23. The van der Waals surface area contributed by atoms with Gasteiger partial charge in [0.1, 0.15) is 10.7 Å². The Morgan fingerprint density at radius 3 is 2.48 bits per heavy atom. The van der Waals surface area contributed by atoms with Crippen molar-refractivity contribution in [3.05, 3.63) is 58.1 Å². The number of anilines is 1. The first-order chi connectivity index (χ1) is 10.0. The van der Waals surface area contributed by atoms with E-state index < -0.39 is 0 Å². The van der Waals surface area contributed by atoms with E-state index in [9.17, 15) is 0 Å². The monoisotopic (exact) mass is 364 g/mol. The molecule has 5 heteroatoms. The summed E-state index contributed by atoms with van der Waals surface area (Å²) in [5.41, 5.74) is 8.90. The Labute approximate surface area is 138 Å². The summed E-state index contributed by atoms with van der Waals surface area (Å²) in [4.78, 5) is 2.52. The number of benzene rings is 2. The van der Waals surface area contributed by atoms with Gasteiger partial charge in [0, 0.05) is 29.3 Å². The molecule has 0 atom stereocenters. The number of hydrogen-bond acceptors (Lipinski definition) is 3. The van der Waals surface area contributed by atoms with E-state index in [2.05, 4.69) is 33.0 Å². The van der Waals surface area contributed by atoms with E-state index in [0.29, 0.717) is 4.99 Å². The zero-order valence-corrected chi connectivity index (χ0v) is 14.4.